The summed E-state index contributed by atoms with van der Waals surface area (Å²) in [5.41, 5.74) is -0.110. The molecule has 0 spiro atoms. The van der Waals surface area contributed by atoms with Crippen molar-refractivity contribution in [3.05, 3.63) is 0 Å². The second-order valence-corrected chi connectivity index (χ2v) is 11.7. The van der Waals surface area contributed by atoms with E-state index in [1.54, 1.807) is 0 Å². The Bertz CT molecular complexity index is 746. The van der Waals surface area contributed by atoms with E-state index in [-0.39, 0.29) is 35.2 Å². The number of ether oxygens (including phenoxy) is 1. The maximum atomic E-state index is 13.7. The summed E-state index contributed by atoms with van der Waals surface area (Å²) in [5.74, 6) is 2.14. The monoisotopic (exact) mass is 432 g/mol. The van der Waals surface area contributed by atoms with Gasteiger partial charge in [0.05, 0.1) is 0 Å². The summed E-state index contributed by atoms with van der Waals surface area (Å²) in [6, 6.07) is 0. The van der Waals surface area contributed by atoms with Crippen LogP contribution >= 0.6 is 0 Å². The van der Waals surface area contributed by atoms with Gasteiger partial charge in [-0.15, -0.1) is 0 Å². The predicted molar refractivity (Wildman–Crippen MR) is 117 cm³/mol. The summed E-state index contributed by atoms with van der Waals surface area (Å²) in [6.45, 7) is 8.29. The molecule has 0 saturated heterocycles. The van der Waals surface area contributed by atoms with Crippen LogP contribution < -0.4 is 0 Å². The lowest BCUT2D eigenvalue weighted by atomic mass is 9.44. The number of carboxylic acids is 1. The number of aliphatic carboxylic acids is 1. The van der Waals surface area contributed by atoms with Crippen molar-refractivity contribution >= 4 is 17.7 Å². The van der Waals surface area contributed by atoms with Gasteiger partial charge in [-0.25, -0.2) is 0 Å². The molecule has 0 aromatic carbocycles. The van der Waals surface area contributed by atoms with Gasteiger partial charge < -0.3 is 9.84 Å². The fourth-order valence-electron chi connectivity index (χ4n) is 8.76. The van der Waals surface area contributed by atoms with Gasteiger partial charge in [0.1, 0.15) is 11.9 Å². The Morgan fingerprint density at radius 1 is 1.13 bits per heavy atom. The molecule has 5 heteroatoms. The Balaban J connectivity index is 1.52. The van der Waals surface area contributed by atoms with Crippen molar-refractivity contribution in [3.8, 4) is 0 Å². The highest BCUT2D eigenvalue weighted by Gasteiger charge is 2.64. The molecule has 31 heavy (non-hydrogen) atoms. The van der Waals surface area contributed by atoms with Gasteiger partial charge in [0.15, 0.2) is 0 Å². The molecule has 0 heterocycles. The zero-order valence-corrected chi connectivity index (χ0v) is 19.7. The van der Waals surface area contributed by atoms with E-state index in [1.165, 1.54) is 19.8 Å². The van der Waals surface area contributed by atoms with E-state index in [9.17, 15) is 14.4 Å². The second kappa shape index (κ2) is 8.19. The number of carboxylic acid groups (broad SMARTS) is 1. The van der Waals surface area contributed by atoms with Gasteiger partial charge >= 0.3 is 11.9 Å². The van der Waals surface area contributed by atoms with E-state index in [2.05, 4.69) is 20.8 Å². The van der Waals surface area contributed by atoms with Crippen LogP contribution in [0.25, 0.3) is 0 Å². The van der Waals surface area contributed by atoms with E-state index in [4.69, 9.17) is 9.84 Å². The molecule has 0 amide bonds. The highest BCUT2D eigenvalue weighted by Crippen LogP contribution is 2.67. The molecular weight excluding hydrogens is 392 g/mol. The molecule has 0 aromatic rings. The van der Waals surface area contributed by atoms with Crippen LogP contribution in [0.5, 0.6) is 0 Å². The molecule has 0 aliphatic heterocycles. The summed E-state index contributed by atoms with van der Waals surface area (Å²) in [7, 11) is 0. The Hall–Kier alpha value is -1.39. The van der Waals surface area contributed by atoms with Gasteiger partial charge in [0.25, 0.3) is 0 Å². The molecule has 0 radical (unpaired) electrons. The summed E-state index contributed by atoms with van der Waals surface area (Å²) >= 11 is 0. The molecule has 0 aromatic heterocycles. The van der Waals surface area contributed by atoms with Crippen LogP contribution in [0.1, 0.15) is 91.9 Å². The quantitative estimate of drug-likeness (QED) is 0.600. The molecule has 4 aliphatic carbocycles. The molecule has 4 rings (SSSR count). The minimum atomic E-state index is -0.739. The fraction of sp³-hybridized carbons (Fsp3) is 0.885. The second-order valence-electron chi connectivity index (χ2n) is 11.7. The van der Waals surface area contributed by atoms with Crippen LogP contribution in [-0.4, -0.2) is 28.9 Å². The Morgan fingerprint density at radius 2 is 1.87 bits per heavy atom. The lowest BCUT2D eigenvalue weighted by Gasteiger charge is -2.60. The molecule has 9 atom stereocenters. The van der Waals surface area contributed by atoms with Crippen LogP contribution in [0.15, 0.2) is 0 Å². The number of hydrogen-bond donors (Lipinski definition) is 1. The minimum absolute atomic E-state index is 0.0441. The molecule has 1 N–H and O–H groups in total. The van der Waals surface area contributed by atoms with Crippen molar-refractivity contribution < 1.29 is 24.2 Å². The van der Waals surface area contributed by atoms with Gasteiger partial charge in [0, 0.05) is 25.2 Å². The Morgan fingerprint density at radius 3 is 2.55 bits per heavy atom. The van der Waals surface area contributed by atoms with Crippen molar-refractivity contribution in [2.24, 2.45) is 46.3 Å². The highest BCUT2D eigenvalue weighted by molar-refractivity contribution is 5.87. The van der Waals surface area contributed by atoms with Crippen LogP contribution in [0, 0.1) is 46.3 Å². The summed E-state index contributed by atoms with van der Waals surface area (Å²) in [5, 5.41) is 9.12. The largest absolute Gasteiger partial charge is 0.481 e. The zero-order chi connectivity index (χ0) is 22.6. The first-order valence-electron chi connectivity index (χ1n) is 12.5. The zero-order valence-electron chi connectivity index (χ0n) is 19.7. The fourth-order valence-corrected chi connectivity index (χ4v) is 8.76. The van der Waals surface area contributed by atoms with Gasteiger partial charge in [-0.2, -0.15) is 0 Å². The topological polar surface area (TPSA) is 80.7 Å². The maximum Gasteiger partial charge on any atom is 0.303 e. The predicted octanol–water partition coefficient (Wildman–Crippen LogP) is 5.26. The normalized spacial score (nSPS) is 45.2. The van der Waals surface area contributed by atoms with E-state index < -0.39 is 5.97 Å². The van der Waals surface area contributed by atoms with Gasteiger partial charge in [-0.1, -0.05) is 20.8 Å². The average Bonchev–Trinajstić information content (AvgIpc) is 3.06. The molecule has 0 bridgehead atoms. The van der Waals surface area contributed by atoms with Crippen molar-refractivity contribution in [3.63, 3.8) is 0 Å². The number of carbonyl (C=O) groups excluding carboxylic acids is 2. The molecule has 4 aliphatic rings. The first kappa shape index (κ1) is 22.8. The van der Waals surface area contributed by atoms with Crippen molar-refractivity contribution in [2.45, 2.75) is 98.0 Å². The van der Waals surface area contributed by atoms with E-state index >= 15 is 0 Å². The van der Waals surface area contributed by atoms with Gasteiger partial charge in [0.2, 0.25) is 0 Å². The number of carbonyl (C=O) groups is 3. The third kappa shape index (κ3) is 3.74. The Kier molecular flexibility index (Phi) is 6.02. The van der Waals surface area contributed by atoms with Crippen LogP contribution in [0.3, 0.4) is 0 Å². The number of Topliss-reactive ketones (excluding diaryl/α,β-unsaturated/α-hetero) is 1. The van der Waals surface area contributed by atoms with E-state index in [1.807, 2.05) is 0 Å². The smallest absolute Gasteiger partial charge is 0.303 e. The third-order valence-electron chi connectivity index (χ3n) is 10.4. The van der Waals surface area contributed by atoms with Gasteiger partial charge in [-0.3, -0.25) is 14.4 Å². The maximum absolute atomic E-state index is 13.7. The number of hydrogen-bond acceptors (Lipinski definition) is 4. The lowest BCUT2D eigenvalue weighted by molar-refractivity contribution is -0.167. The molecule has 4 saturated carbocycles. The SMILES string of the molecule is CC(=O)O[C@@H]1CC[C@@]2(C)[C@H](CC[C@H]3[C@H]2CC(=O)[C@@]2(C)[C@H]3CC[C@H]2[C@H](C)CCC(=O)O)C1. The van der Waals surface area contributed by atoms with Crippen LogP contribution in [0.4, 0.5) is 0 Å². The van der Waals surface area contributed by atoms with Gasteiger partial charge in [-0.05, 0) is 92.3 Å². The number of ketones is 1. The number of rotatable bonds is 5. The third-order valence-corrected chi connectivity index (χ3v) is 10.4. The van der Waals surface area contributed by atoms with Crippen molar-refractivity contribution in [1.82, 2.24) is 0 Å². The van der Waals surface area contributed by atoms with Crippen molar-refractivity contribution in [2.75, 3.05) is 0 Å². The minimum Gasteiger partial charge on any atom is -0.481 e. The first-order valence-corrected chi connectivity index (χ1v) is 12.5. The van der Waals surface area contributed by atoms with Crippen molar-refractivity contribution in [1.29, 1.82) is 0 Å². The molecule has 174 valence electrons. The average molecular weight is 433 g/mol. The first-order chi connectivity index (χ1) is 14.6. The van der Waals surface area contributed by atoms with E-state index in [0.717, 1.165) is 32.1 Å². The summed E-state index contributed by atoms with van der Waals surface area (Å²) < 4.78 is 5.56. The lowest BCUT2D eigenvalue weighted by Crippen LogP contribution is -2.57. The highest BCUT2D eigenvalue weighted by atomic mass is 16.5. The summed E-state index contributed by atoms with van der Waals surface area (Å²) in [4.78, 5) is 36.3. The molecule has 5 nitrogen and oxygen atoms in total. The molecule has 4 fully saturated rings. The number of esters is 1. The van der Waals surface area contributed by atoms with Crippen LogP contribution in [0.2, 0.25) is 0 Å². The van der Waals surface area contributed by atoms with E-state index in [0.29, 0.717) is 48.2 Å². The molecular formula is C26H40O5. The van der Waals surface area contributed by atoms with Crippen LogP contribution in [-0.2, 0) is 19.1 Å². The summed E-state index contributed by atoms with van der Waals surface area (Å²) in [6.07, 6.45) is 9.04. The number of fused-ring (bicyclic) bond motifs is 5. The Labute approximate surface area is 186 Å². The molecule has 0 unspecified atom stereocenters. The standard InChI is InChI=1S/C26H40O5/c1-15(5-10-24(29)30)20-8-9-21-19-7-6-17-13-18(31-16(2)27)11-12-25(17,3)22(19)14-23(28)26(20,21)4/h15,17-22H,5-14H2,1-4H3,(H,29,30)/t15-,17-,18-,19-,20+,21+,22-,25+,26-/m1/s1.